The van der Waals surface area contributed by atoms with Crippen LogP contribution >= 0.6 is 0 Å². The van der Waals surface area contributed by atoms with Crippen molar-refractivity contribution in [3.63, 3.8) is 0 Å². The zero-order chi connectivity index (χ0) is 14.4. The minimum absolute atomic E-state index is 0.129. The van der Waals surface area contributed by atoms with Crippen LogP contribution in [0.25, 0.3) is 0 Å². The van der Waals surface area contributed by atoms with Crippen LogP contribution in [0.5, 0.6) is 0 Å². The molecule has 1 fully saturated rings. The molecule has 2 rings (SSSR count). The van der Waals surface area contributed by atoms with Crippen molar-refractivity contribution >= 4 is 5.91 Å². The summed E-state index contributed by atoms with van der Waals surface area (Å²) in [4.78, 5) is 12.4. The van der Waals surface area contributed by atoms with Gasteiger partial charge >= 0.3 is 0 Å². The second-order valence-corrected chi connectivity index (χ2v) is 5.79. The molecule has 1 aromatic rings. The lowest BCUT2D eigenvalue weighted by molar-refractivity contribution is 0.0907. The third-order valence-electron chi connectivity index (χ3n) is 4.05. The molecule has 106 valence electrons. The molecule has 0 heterocycles. The molecule has 0 bridgehead atoms. The number of nitrogens with zero attached hydrogens (tertiary/aromatic N) is 1. The minimum Gasteiger partial charge on any atom is -0.334 e. The molecule has 1 aliphatic rings. The highest BCUT2D eigenvalue weighted by Gasteiger charge is 2.32. The normalized spacial score (nSPS) is 18.4. The molecule has 1 amide bonds. The van der Waals surface area contributed by atoms with Gasteiger partial charge in [0.2, 0.25) is 0 Å². The van der Waals surface area contributed by atoms with E-state index in [0.717, 1.165) is 44.1 Å². The van der Waals surface area contributed by atoms with Gasteiger partial charge in [-0.3, -0.25) is 4.79 Å². The summed E-state index contributed by atoms with van der Waals surface area (Å²) in [6.07, 6.45) is 7.12. The van der Waals surface area contributed by atoms with E-state index in [2.05, 4.69) is 11.4 Å². The Labute approximate surface area is 121 Å². The monoisotopic (exact) mass is 270 g/mol. The maximum absolute atomic E-state index is 12.4. The largest absolute Gasteiger partial charge is 0.334 e. The Balaban J connectivity index is 2.12. The Morgan fingerprint density at radius 1 is 1.20 bits per heavy atom. The second kappa shape index (κ2) is 6.56. The summed E-state index contributed by atoms with van der Waals surface area (Å²) in [5, 5.41) is 12.5. The van der Waals surface area contributed by atoms with E-state index in [0.29, 0.717) is 5.56 Å². The van der Waals surface area contributed by atoms with Crippen molar-refractivity contribution in [3.05, 3.63) is 35.4 Å². The van der Waals surface area contributed by atoms with Crippen molar-refractivity contribution < 1.29 is 4.79 Å². The second-order valence-electron chi connectivity index (χ2n) is 5.79. The van der Waals surface area contributed by atoms with Gasteiger partial charge < -0.3 is 5.32 Å². The molecule has 0 saturated heterocycles. The number of rotatable bonds is 2. The molecule has 20 heavy (non-hydrogen) atoms. The molecule has 0 aliphatic heterocycles. The molecule has 1 aromatic carbocycles. The van der Waals surface area contributed by atoms with Crippen LogP contribution in [0, 0.1) is 18.3 Å². The molecule has 1 aliphatic carbocycles. The van der Waals surface area contributed by atoms with E-state index in [-0.39, 0.29) is 5.91 Å². The highest BCUT2D eigenvalue weighted by Crippen LogP contribution is 2.26. The van der Waals surface area contributed by atoms with Gasteiger partial charge in [-0.25, -0.2) is 0 Å². The Morgan fingerprint density at radius 3 is 2.45 bits per heavy atom. The van der Waals surface area contributed by atoms with Crippen molar-refractivity contribution in [1.29, 1.82) is 5.26 Å². The van der Waals surface area contributed by atoms with Gasteiger partial charge in [-0.15, -0.1) is 0 Å². The standard InChI is InChI=1S/C17H22N2O/c1-14-8-7-9-15(12-14)16(20)19-17(13-18)10-5-3-2-4-6-11-17/h7-9,12H,2-6,10-11H2,1H3,(H,19,20). The zero-order valence-corrected chi connectivity index (χ0v) is 12.1. The molecule has 3 heteroatoms. The van der Waals surface area contributed by atoms with Crippen LogP contribution in [0.15, 0.2) is 24.3 Å². The fourth-order valence-electron chi connectivity index (χ4n) is 2.85. The number of nitriles is 1. The van der Waals surface area contributed by atoms with Gasteiger partial charge in [0.05, 0.1) is 6.07 Å². The molecule has 0 unspecified atom stereocenters. The smallest absolute Gasteiger partial charge is 0.252 e. The number of hydrogen-bond donors (Lipinski definition) is 1. The number of aryl methyl sites for hydroxylation is 1. The highest BCUT2D eigenvalue weighted by molar-refractivity contribution is 5.95. The van der Waals surface area contributed by atoms with E-state index in [1.807, 2.05) is 25.1 Å². The third-order valence-corrected chi connectivity index (χ3v) is 4.05. The van der Waals surface area contributed by atoms with E-state index in [1.54, 1.807) is 6.07 Å². The predicted octanol–water partition coefficient (Wildman–Crippen LogP) is 3.73. The van der Waals surface area contributed by atoms with Crippen molar-refractivity contribution in [2.24, 2.45) is 0 Å². The first-order chi connectivity index (χ1) is 9.65. The lowest BCUT2D eigenvalue weighted by Gasteiger charge is -2.29. The van der Waals surface area contributed by atoms with Crippen LogP contribution in [-0.2, 0) is 0 Å². The van der Waals surface area contributed by atoms with E-state index in [9.17, 15) is 10.1 Å². The van der Waals surface area contributed by atoms with E-state index in [1.165, 1.54) is 6.42 Å². The summed E-state index contributed by atoms with van der Waals surface area (Å²) in [7, 11) is 0. The lowest BCUT2D eigenvalue weighted by atomic mass is 9.85. The fourth-order valence-corrected chi connectivity index (χ4v) is 2.85. The number of amides is 1. The first-order valence-electron chi connectivity index (χ1n) is 7.46. The summed E-state index contributed by atoms with van der Waals surface area (Å²) < 4.78 is 0. The number of benzene rings is 1. The van der Waals surface area contributed by atoms with E-state index >= 15 is 0 Å². The van der Waals surface area contributed by atoms with E-state index < -0.39 is 5.54 Å². The quantitative estimate of drug-likeness (QED) is 0.890. The average molecular weight is 270 g/mol. The van der Waals surface area contributed by atoms with Gasteiger partial charge in [0.25, 0.3) is 5.91 Å². The van der Waals surface area contributed by atoms with Crippen molar-refractivity contribution in [2.75, 3.05) is 0 Å². The number of carbonyl (C=O) groups is 1. The van der Waals surface area contributed by atoms with Gasteiger partial charge in [-0.1, -0.05) is 49.8 Å². The average Bonchev–Trinajstić information content (AvgIpc) is 2.42. The number of hydrogen-bond acceptors (Lipinski definition) is 2. The SMILES string of the molecule is Cc1cccc(C(=O)NC2(C#N)CCCCCCC2)c1. The Bertz CT molecular complexity index is 508. The Hall–Kier alpha value is -1.82. The highest BCUT2D eigenvalue weighted by atomic mass is 16.1. The van der Waals surface area contributed by atoms with E-state index in [4.69, 9.17) is 0 Å². The summed E-state index contributed by atoms with van der Waals surface area (Å²) in [6, 6.07) is 9.88. The molecule has 3 nitrogen and oxygen atoms in total. The lowest BCUT2D eigenvalue weighted by Crippen LogP contribution is -2.47. The molecule has 1 saturated carbocycles. The summed E-state index contributed by atoms with van der Waals surface area (Å²) in [5.74, 6) is -0.129. The molecule has 0 atom stereocenters. The maximum Gasteiger partial charge on any atom is 0.252 e. The predicted molar refractivity (Wildman–Crippen MR) is 79.3 cm³/mol. The van der Waals surface area contributed by atoms with Gasteiger partial charge in [-0.05, 0) is 31.9 Å². The Morgan fingerprint density at radius 2 is 1.85 bits per heavy atom. The summed E-state index contributed by atoms with van der Waals surface area (Å²) >= 11 is 0. The third kappa shape index (κ3) is 3.60. The van der Waals surface area contributed by atoms with Gasteiger partial charge in [0.1, 0.15) is 5.54 Å². The summed E-state index contributed by atoms with van der Waals surface area (Å²) in [6.45, 7) is 1.96. The summed E-state index contributed by atoms with van der Waals surface area (Å²) in [5.41, 5.74) is 1.02. The number of carbonyl (C=O) groups excluding carboxylic acids is 1. The van der Waals surface area contributed by atoms with Crippen molar-refractivity contribution in [3.8, 4) is 6.07 Å². The molecule has 0 aromatic heterocycles. The van der Waals surface area contributed by atoms with Crippen LogP contribution in [0.4, 0.5) is 0 Å². The van der Waals surface area contributed by atoms with Crippen molar-refractivity contribution in [1.82, 2.24) is 5.32 Å². The topological polar surface area (TPSA) is 52.9 Å². The Kier molecular flexibility index (Phi) is 4.79. The molecule has 0 spiro atoms. The van der Waals surface area contributed by atoms with Crippen LogP contribution in [0.2, 0.25) is 0 Å². The fraction of sp³-hybridized carbons (Fsp3) is 0.529. The first-order valence-corrected chi connectivity index (χ1v) is 7.46. The molecule has 1 N–H and O–H groups in total. The maximum atomic E-state index is 12.4. The minimum atomic E-state index is -0.679. The van der Waals surface area contributed by atoms with Crippen LogP contribution < -0.4 is 5.32 Å². The van der Waals surface area contributed by atoms with Gasteiger partial charge in [0.15, 0.2) is 0 Å². The first kappa shape index (κ1) is 14.6. The van der Waals surface area contributed by atoms with Gasteiger partial charge in [0, 0.05) is 5.56 Å². The van der Waals surface area contributed by atoms with Crippen LogP contribution in [0.1, 0.15) is 60.9 Å². The van der Waals surface area contributed by atoms with Crippen LogP contribution in [-0.4, -0.2) is 11.4 Å². The van der Waals surface area contributed by atoms with Crippen LogP contribution in [0.3, 0.4) is 0 Å². The molecule has 0 radical (unpaired) electrons. The number of nitrogens with one attached hydrogen (secondary N) is 1. The van der Waals surface area contributed by atoms with Crippen molar-refractivity contribution in [2.45, 2.75) is 57.4 Å². The molecular formula is C17H22N2O. The van der Waals surface area contributed by atoms with Gasteiger partial charge in [-0.2, -0.15) is 5.26 Å². The molecular weight excluding hydrogens is 248 g/mol. The zero-order valence-electron chi connectivity index (χ0n) is 12.1.